The van der Waals surface area contributed by atoms with E-state index in [4.69, 9.17) is 4.74 Å². The Morgan fingerprint density at radius 2 is 2.35 bits per heavy atom. The molecule has 1 atom stereocenters. The topological polar surface area (TPSA) is 72.7 Å². The minimum absolute atomic E-state index is 0.00407. The van der Waals surface area contributed by atoms with Gasteiger partial charge in [-0.25, -0.2) is 4.79 Å². The molecule has 0 aliphatic carbocycles. The first kappa shape index (κ1) is 14.8. The summed E-state index contributed by atoms with van der Waals surface area (Å²) in [5.41, 5.74) is 0.462. The lowest BCUT2D eigenvalue weighted by Crippen LogP contribution is -2.37. The highest BCUT2D eigenvalue weighted by Gasteiger charge is 2.35. The van der Waals surface area contributed by atoms with Crippen molar-refractivity contribution in [2.24, 2.45) is 0 Å². The van der Waals surface area contributed by atoms with Crippen molar-refractivity contribution in [1.82, 2.24) is 0 Å². The number of rotatable bonds is 4. The summed E-state index contributed by atoms with van der Waals surface area (Å²) in [5, 5.41) is 11.1. The van der Waals surface area contributed by atoms with Gasteiger partial charge in [0.15, 0.2) is 0 Å². The first-order valence-corrected chi connectivity index (χ1v) is 7.21. The number of esters is 1. The normalized spacial score (nSPS) is 18.1. The van der Waals surface area contributed by atoms with Crippen LogP contribution < -0.4 is 4.90 Å². The zero-order valence-electron chi connectivity index (χ0n) is 11.0. The molecule has 2 rings (SSSR count). The summed E-state index contributed by atoms with van der Waals surface area (Å²) in [6, 6.07) is 4.30. The molecule has 1 heterocycles. The maximum absolute atomic E-state index is 11.9. The third-order valence-electron chi connectivity index (χ3n) is 3.26. The third kappa shape index (κ3) is 2.92. The van der Waals surface area contributed by atoms with Crippen molar-refractivity contribution < 1.29 is 14.5 Å². The molecule has 0 amide bonds. The second-order valence-electron chi connectivity index (χ2n) is 4.49. The van der Waals surface area contributed by atoms with Crippen LogP contribution in [0, 0.1) is 10.1 Å². The number of halogens is 1. The number of anilines is 1. The maximum atomic E-state index is 11.9. The van der Waals surface area contributed by atoms with Crippen LogP contribution in [0.4, 0.5) is 11.4 Å². The molecule has 0 bridgehead atoms. The average Bonchev–Trinajstić information content (AvgIpc) is 2.87. The number of hydrogen-bond donors (Lipinski definition) is 0. The van der Waals surface area contributed by atoms with Gasteiger partial charge in [0.2, 0.25) is 0 Å². The van der Waals surface area contributed by atoms with Gasteiger partial charge in [-0.3, -0.25) is 10.1 Å². The molecule has 1 aromatic rings. The molecule has 1 fully saturated rings. The van der Waals surface area contributed by atoms with E-state index in [2.05, 4.69) is 15.9 Å². The number of carbonyl (C=O) groups excluding carboxylic acids is 1. The number of ether oxygens (including phenoxy) is 1. The summed E-state index contributed by atoms with van der Waals surface area (Å²) in [6.07, 6.45) is 1.47. The van der Waals surface area contributed by atoms with E-state index in [0.717, 1.165) is 10.9 Å². The van der Waals surface area contributed by atoms with Gasteiger partial charge in [-0.2, -0.15) is 0 Å². The molecule has 1 aliphatic heterocycles. The van der Waals surface area contributed by atoms with E-state index >= 15 is 0 Å². The summed E-state index contributed by atoms with van der Waals surface area (Å²) < 4.78 is 5.79. The quantitative estimate of drug-likeness (QED) is 0.478. The summed E-state index contributed by atoms with van der Waals surface area (Å²) in [5.74, 6) is -0.320. The predicted molar refractivity (Wildman–Crippen MR) is 77.8 cm³/mol. The fraction of sp³-hybridized carbons (Fsp3) is 0.462. The van der Waals surface area contributed by atoms with Gasteiger partial charge in [-0.1, -0.05) is 15.9 Å². The minimum Gasteiger partial charge on any atom is -0.464 e. The Morgan fingerprint density at radius 3 is 3.00 bits per heavy atom. The van der Waals surface area contributed by atoms with Crippen molar-refractivity contribution in [2.75, 3.05) is 18.1 Å². The summed E-state index contributed by atoms with van der Waals surface area (Å²) in [7, 11) is 0. The molecule has 1 aromatic carbocycles. The lowest BCUT2D eigenvalue weighted by molar-refractivity contribution is -0.384. The Morgan fingerprint density at radius 1 is 1.60 bits per heavy atom. The van der Waals surface area contributed by atoms with E-state index < -0.39 is 11.0 Å². The van der Waals surface area contributed by atoms with Crippen molar-refractivity contribution in [3.63, 3.8) is 0 Å². The molecule has 1 saturated heterocycles. The van der Waals surface area contributed by atoms with Crippen LogP contribution in [0.5, 0.6) is 0 Å². The summed E-state index contributed by atoms with van der Waals surface area (Å²) >= 11 is 3.31. The zero-order valence-corrected chi connectivity index (χ0v) is 12.6. The van der Waals surface area contributed by atoms with E-state index in [1.807, 2.05) is 0 Å². The second kappa shape index (κ2) is 6.21. The maximum Gasteiger partial charge on any atom is 0.328 e. The largest absolute Gasteiger partial charge is 0.464 e. The Hall–Kier alpha value is -1.63. The van der Waals surface area contributed by atoms with Gasteiger partial charge in [-0.05, 0) is 31.9 Å². The molecule has 1 unspecified atom stereocenters. The summed E-state index contributed by atoms with van der Waals surface area (Å²) in [4.78, 5) is 24.4. The fourth-order valence-corrected chi connectivity index (χ4v) is 2.77. The van der Waals surface area contributed by atoms with Crippen molar-refractivity contribution in [3.8, 4) is 0 Å². The Kier molecular flexibility index (Phi) is 4.59. The molecule has 108 valence electrons. The molecule has 0 aromatic heterocycles. The van der Waals surface area contributed by atoms with Gasteiger partial charge < -0.3 is 9.64 Å². The van der Waals surface area contributed by atoms with E-state index in [1.165, 1.54) is 6.07 Å². The van der Waals surface area contributed by atoms with Crippen LogP contribution in [0.1, 0.15) is 19.8 Å². The molecular weight excluding hydrogens is 328 g/mol. The first-order valence-electron chi connectivity index (χ1n) is 6.41. The zero-order chi connectivity index (χ0) is 14.7. The van der Waals surface area contributed by atoms with E-state index in [-0.39, 0.29) is 11.7 Å². The molecule has 7 heteroatoms. The lowest BCUT2D eigenvalue weighted by atomic mass is 10.2. The number of nitrogens with zero attached hydrogens (tertiary/aromatic N) is 2. The third-order valence-corrected chi connectivity index (χ3v) is 3.75. The second-order valence-corrected chi connectivity index (χ2v) is 5.41. The van der Waals surface area contributed by atoms with Crippen LogP contribution in [-0.4, -0.2) is 30.1 Å². The Balaban J connectivity index is 2.36. The van der Waals surface area contributed by atoms with Crippen LogP contribution in [0.25, 0.3) is 0 Å². The fourth-order valence-electron chi connectivity index (χ4n) is 2.42. The standard InChI is InChI=1S/C13H15BrN2O4/c1-2-20-13(17)11-4-3-7-15(11)12-8-9(14)5-6-10(12)16(18)19/h5-6,8,11H,2-4,7H2,1H3. The number of nitro groups is 1. The van der Waals surface area contributed by atoms with Crippen molar-refractivity contribution in [3.05, 3.63) is 32.8 Å². The van der Waals surface area contributed by atoms with Gasteiger partial charge in [0.05, 0.1) is 11.5 Å². The molecule has 1 aliphatic rings. The highest BCUT2D eigenvalue weighted by molar-refractivity contribution is 9.10. The molecule has 0 N–H and O–H groups in total. The highest BCUT2D eigenvalue weighted by Crippen LogP contribution is 2.36. The van der Waals surface area contributed by atoms with E-state index in [0.29, 0.717) is 25.3 Å². The van der Waals surface area contributed by atoms with Crippen LogP contribution in [0.2, 0.25) is 0 Å². The first-order chi connectivity index (χ1) is 9.54. The molecule has 0 saturated carbocycles. The van der Waals surface area contributed by atoms with Crippen LogP contribution >= 0.6 is 15.9 Å². The monoisotopic (exact) mass is 342 g/mol. The molecule has 0 radical (unpaired) electrons. The van der Waals surface area contributed by atoms with Gasteiger partial charge >= 0.3 is 5.97 Å². The molecule has 20 heavy (non-hydrogen) atoms. The number of carbonyl (C=O) groups is 1. The van der Waals surface area contributed by atoms with Gasteiger partial charge in [0.1, 0.15) is 11.7 Å². The van der Waals surface area contributed by atoms with Crippen LogP contribution in [-0.2, 0) is 9.53 Å². The number of nitro benzene ring substituents is 1. The highest BCUT2D eigenvalue weighted by atomic mass is 79.9. The average molecular weight is 343 g/mol. The molecule has 0 spiro atoms. The van der Waals surface area contributed by atoms with E-state index in [9.17, 15) is 14.9 Å². The Labute approximate surface area is 125 Å². The van der Waals surface area contributed by atoms with E-state index in [1.54, 1.807) is 24.0 Å². The number of hydrogen-bond acceptors (Lipinski definition) is 5. The van der Waals surface area contributed by atoms with Gasteiger partial charge in [0, 0.05) is 17.1 Å². The van der Waals surface area contributed by atoms with Crippen molar-refractivity contribution in [1.29, 1.82) is 0 Å². The van der Waals surface area contributed by atoms with Gasteiger partial charge in [-0.15, -0.1) is 0 Å². The van der Waals surface area contributed by atoms with Crippen LogP contribution in [0.15, 0.2) is 22.7 Å². The van der Waals surface area contributed by atoms with Gasteiger partial charge in [0.25, 0.3) is 5.69 Å². The van der Waals surface area contributed by atoms with Crippen LogP contribution in [0.3, 0.4) is 0 Å². The molecule has 6 nitrogen and oxygen atoms in total. The summed E-state index contributed by atoms with van der Waals surface area (Å²) in [6.45, 7) is 2.67. The number of benzene rings is 1. The Bertz CT molecular complexity index is 535. The minimum atomic E-state index is -0.442. The lowest BCUT2D eigenvalue weighted by Gasteiger charge is -2.25. The molecular formula is C13H15BrN2O4. The predicted octanol–water partition coefficient (Wildman–Crippen LogP) is 2.89. The SMILES string of the molecule is CCOC(=O)C1CCCN1c1cc(Br)ccc1[N+](=O)[O-]. The smallest absolute Gasteiger partial charge is 0.328 e. The van der Waals surface area contributed by atoms with Crippen molar-refractivity contribution in [2.45, 2.75) is 25.8 Å². The van der Waals surface area contributed by atoms with Crippen molar-refractivity contribution >= 4 is 33.3 Å².